The van der Waals surface area contributed by atoms with Gasteiger partial charge in [0.15, 0.2) is 0 Å². The number of hydrogen-bond acceptors (Lipinski definition) is 2. The van der Waals surface area contributed by atoms with Gasteiger partial charge in [-0.1, -0.05) is 0 Å². The Morgan fingerprint density at radius 1 is 1.50 bits per heavy atom. The molecular formula is C8H9NO2S. The van der Waals surface area contributed by atoms with Gasteiger partial charge in [-0.3, -0.25) is 9.00 Å². The normalized spacial score (nSPS) is 20.9. The van der Waals surface area contributed by atoms with E-state index in [0.29, 0.717) is 17.3 Å². The van der Waals surface area contributed by atoms with Crippen molar-refractivity contribution < 1.29 is 4.21 Å². The van der Waals surface area contributed by atoms with Gasteiger partial charge in [0.05, 0.1) is 10.8 Å². The molecule has 0 saturated heterocycles. The van der Waals surface area contributed by atoms with Gasteiger partial charge in [0, 0.05) is 18.4 Å². The predicted molar refractivity (Wildman–Crippen MR) is 46.7 cm³/mol. The highest BCUT2D eigenvalue weighted by molar-refractivity contribution is 7.85. The minimum atomic E-state index is -0.955. The van der Waals surface area contributed by atoms with E-state index in [2.05, 4.69) is 0 Å². The summed E-state index contributed by atoms with van der Waals surface area (Å²) in [6, 6.07) is 3.40. The summed E-state index contributed by atoms with van der Waals surface area (Å²) in [4.78, 5) is 11.3. The molecule has 0 spiro atoms. The van der Waals surface area contributed by atoms with E-state index >= 15 is 0 Å². The molecule has 0 saturated carbocycles. The molecule has 0 radical (unpaired) electrons. The van der Waals surface area contributed by atoms with E-state index in [9.17, 15) is 9.00 Å². The SMILES string of the molecule is Cc1cc2n(c(=O)c1)CCS2=O. The second-order valence-electron chi connectivity index (χ2n) is 2.91. The van der Waals surface area contributed by atoms with Crippen LogP contribution in [0, 0.1) is 6.92 Å². The Morgan fingerprint density at radius 3 is 3.00 bits per heavy atom. The van der Waals surface area contributed by atoms with Crippen LogP contribution >= 0.6 is 0 Å². The van der Waals surface area contributed by atoms with E-state index in [0.717, 1.165) is 5.56 Å². The molecule has 1 aliphatic heterocycles. The highest BCUT2D eigenvalue weighted by atomic mass is 32.2. The summed E-state index contributed by atoms with van der Waals surface area (Å²) in [7, 11) is -0.955. The molecule has 1 aliphatic rings. The third-order valence-electron chi connectivity index (χ3n) is 1.97. The Labute approximate surface area is 72.5 Å². The Morgan fingerprint density at radius 2 is 2.25 bits per heavy atom. The summed E-state index contributed by atoms with van der Waals surface area (Å²) in [5.74, 6) is 0.582. The standard InChI is InChI=1S/C8H9NO2S/c1-6-4-7(10)9-2-3-12(11)8(9)5-6/h4-5H,2-3H2,1H3. The molecule has 1 aromatic heterocycles. The van der Waals surface area contributed by atoms with Gasteiger partial charge < -0.3 is 4.57 Å². The van der Waals surface area contributed by atoms with Crippen LogP contribution in [0.5, 0.6) is 0 Å². The fraction of sp³-hybridized carbons (Fsp3) is 0.375. The quantitative estimate of drug-likeness (QED) is 0.579. The van der Waals surface area contributed by atoms with Crippen LogP contribution in [-0.2, 0) is 17.3 Å². The largest absolute Gasteiger partial charge is 0.300 e. The summed E-state index contributed by atoms with van der Waals surface area (Å²) < 4.78 is 12.9. The fourth-order valence-corrected chi connectivity index (χ4v) is 2.69. The number of nitrogens with zero attached hydrogens (tertiary/aromatic N) is 1. The Bertz CT molecular complexity index is 408. The van der Waals surface area contributed by atoms with E-state index in [1.807, 2.05) is 13.0 Å². The first-order chi connectivity index (χ1) is 5.68. The van der Waals surface area contributed by atoms with Crippen molar-refractivity contribution in [3.63, 3.8) is 0 Å². The highest BCUT2D eigenvalue weighted by Gasteiger charge is 2.18. The Hall–Kier alpha value is -0.900. The maximum absolute atomic E-state index is 11.3. The smallest absolute Gasteiger partial charge is 0.251 e. The molecule has 0 fully saturated rings. The van der Waals surface area contributed by atoms with Crippen LogP contribution in [0.15, 0.2) is 22.0 Å². The first-order valence-corrected chi connectivity index (χ1v) is 5.10. The van der Waals surface area contributed by atoms with Gasteiger partial charge in [0.2, 0.25) is 0 Å². The number of hydrogen-bond donors (Lipinski definition) is 0. The Balaban J connectivity index is 2.76. The van der Waals surface area contributed by atoms with Crippen molar-refractivity contribution >= 4 is 10.8 Å². The number of aromatic nitrogens is 1. The average Bonchev–Trinajstić information content (AvgIpc) is 2.33. The lowest BCUT2D eigenvalue weighted by Gasteiger charge is -2.00. The molecule has 0 N–H and O–H groups in total. The summed E-state index contributed by atoms with van der Waals surface area (Å²) in [5.41, 5.74) is 0.859. The summed E-state index contributed by atoms with van der Waals surface area (Å²) >= 11 is 0. The molecule has 0 aliphatic carbocycles. The molecule has 1 atom stereocenters. The van der Waals surface area contributed by atoms with Crippen LogP contribution < -0.4 is 5.56 Å². The molecule has 0 amide bonds. The first-order valence-electron chi connectivity index (χ1n) is 3.78. The lowest BCUT2D eigenvalue weighted by atomic mass is 10.3. The minimum Gasteiger partial charge on any atom is -0.300 e. The van der Waals surface area contributed by atoms with Gasteiger partial charge in [-0.15, -0.1) is 0 Å². The van der Waals surface area contributed by atoms with Gasteiger partial charge in [-0.2, -0.15) is 0 Å². The fourth-order valence-electron chi connectivity index (χ4n) is 1.38. The minimum absolute atomic E-state index is 0.0316. The third kappa shape index (κ3) is 1.03. The van der Waals surface area contributed by atoms with Crippen molar-refractivity contribution in [1.82, 2.24) is 4.57 Å². The zero-order valence-electron chi connectivity index (χ0n) is 6.74. The van der Waals surface area contributed by atoms with E-state index < -0.39 is 10.8 Å². The molecule has 0 aromatic carbocycles. The molecule has 64 valence electrons. The van der Waals surface area contributed by atoms with Gasteiger partial charge in [-0.25, -0.2) is 0 Å². The predicted octanol–water partition coefficient (Wildman–Crippen LogP) is 0.278. The monoisotopic (exact) mass is 183 g/mol. The highest BCUT2D eigenvalue weighted by Crippen LogP contribution is 2.13. The van der Waals surface area contributed by atoms with E-state index in [4.69, 9.17) is 0 Å². The molecule has 1 aromatic rings. The molecule has 0 bridgehead atoms. The van der Waals surface area contributed by atoms with Crippen LogP contribution in [0.4, 0.5) is 0 Å². The summed E-state index contributed by atoms with van der Waals surface area (Å²) in [6.45, 7) is 2.44. The van der Waals surface area contributed by atoms with E-state index in [-0.39, 0.29) is 5.56 Å². The zero-order valence-corrected chi connectivity index (χ0v) is 7.56. The van der Waals surface area contributed by atoms with Crippen LogP contribution in [0.25, 0.3) is 0 Å². The van der Waals surface area contributed by atoms with Gasteiger partial charge in [-0.05, 0) is 18.6 Å². The van der Waals surface area contributed by atoms with E-state index in [1.54, 1.807) is 10.6 Å². The number of aryl methyl sites for hydroxylation is 1. The molecular weight excluding hydrogens is 174 g/mol. The molecule has 2 heterocycles. The van der Waals surface area contributed by atoms with Crippen molar-refractivity contribution in [2.75, 3.05) is 5.75 Å². The van der Waals surface area contributed by atoms with Crippen LogP contribution in [-0.4, -0.2) is 14.5 Å². The van der Waals surface area contributed by atoms with Gasteiger partial charge >= 0.3 is 0 Å². The summed E-state index contributed by atoms with van der Waals surface area (Å²) in [5, 5.41) is 0.681. The Kier molecular flexibility index (Phi) is 1.65. The van der Waals surface area contributed by atoms with Crippen molar-refractivity contribution in [3.8, 4) is 0 Å². The van der Waals surface area contributed by atoms with Crippen molar-refractivity contribution in [2.24, 2.45) is 0 Å². The van der Waals surface area contributed by atoms with Gasteiger partial charge in [0.1, 0.15) is 5.03 Å². The maximum Gasteiger partial charge on any atom is 0.251 e. The second-order valence-corrected chi connectivity index (χ2v) is 4.43. The summed E-state index contributed by atoms with van der Waals surface area (Å²) in [6.07, 6.45) is 0. The third-order valence-corrected chi connectivity index (χ3v) is 3.33. The number of rotatable bonds is 0. The van der Waals surface area contributed by atoms with E-state index in [1.165, 1.54) is 0 Å². The zero-order chi connectivity index (χ0) is 8.72. The van der Waals surface area contributed by atoms with Crippen molar-refractivity contribution in [2.45, 2.75) is 18.5 Å². The average molecular weight is 183 g/mol. The number of fused-ring (bicyclic) bond motifs is 1. The molecule has 4 heteroatoms. The van der Waals surface area contributed by atoms with Crippen molar-refractivity contribution in [1.29, 1.82) is 0 Å². The van der Waals surface area contributed by atoms with Crippen LogP contribution in [0.2, 0.25) is 0 Å². The first kappa shape index (κ1) is 7.73. The second kappa shape index (κ2) is 2.55. The number of pyridine rings is 1. The lowest BCUT2D eigenvalue weighted by Crippen LogP contribution is -2.18. The van der Waals surface area contributed by atoms with Crippen LogP contribution in [0.3, 0.4) is 0 Å². The maximum atomic E-state index is 11.3. The van der Waals surface area contributed by atoms with Gasteiger partial charge in [0.25, 0.3) is 5.56 Å². The molecule has 2 rings (SSSR count). The molecule has 12 heavy (non-hydrogen) atoms. The topological polar surface area (TPSA) is 39.1 Å². The van der Waals surface area contributed by atoms with Crippen molar-refractivity contribution in [3.05, 3.63) is 28.0 Å². The lowest BCUT2D eigenvalue weighted by molar-refractivity contribution is 0.677. The molecule has 3 nitrogen and oxygen atoms in total. The molecule has 1 unspecified atom stereocenters. The van der Waals surface area contributed by atoms with Crippen LogP contribution in [0.1, 0.15) is 5.56 Å².